The molecule has 0 aromatic heterocycles. The average molecular weight is 407 g/mol. The molecule has 3 heteroatoms. The van der Waals surface area contributed by atoms with E-state index in [0.29, 0.717) is 18.0 Å². The van der Waals surface area contributed by atoms with Crippen LogP contribution in [0.1, 0.15) is 118 Å². The maximum Gasteiger partial charge on any atom is 0.222 e. The van der Waals surface area contributed by atoms with E-state index in [0.717, 1.165) is 37.8 Å². The van der Waals surface area contributed by atoms with Crippen molar-refractivity contribution >= 4 is 5.91 Å². The van der Waals surface area contributed by atoms with Crippen molar-refractivity contribution in [2.75, 3.05) is 19.6 Å². The summed E-state index contributed by atoms with van der Waals surface area (Å²) in [7, 11) is 0. The molecule has 2 fully saturated rings. The zero-order chi connectivity index (χ0) is 21.1. The van der Waals surface area contributed by atoms with Gasteiger partial charge in [0.25, 0.3) is 0 Å². The van der Waals surface area contributed by atoms with Crippen molar-refractivity contribution in [2.24, 2.45) is 11.8 Å². The van der Waals surface area contributed by atoms with Gasteiger partial charge in [-0.3, -0.25) is 9.69 Å². The number of hydrogen-bond donors (Lipinski definition) is 0. The highest BCUT2D eigenvalue weighted by Crippen LogP contribution is 2.33. The molecule has 1 amide bonds. The van der Waals surface area contributed by atoms with Gasteiger partial charge in [0, 0.05) is 38.1 Å². The molecule has 3 nitrogen and oxygen atoms in total. The van der Waals surface area contributed by atoms with Gasteiger partial charge in [0.05, 0.1) is 0 Å². The lowest BCUT2D eigenvalue weighted by Gasteiger charge is -2.42. The van der Waals surface area contributed by atoms with Crippen LogP contribution in [0, 0.1) is 11.8 Å². The van der Waals surface area contributed by atoms with Crippen LogP contribution < -0.4 is 0 Å². The Morgan fingerprint density at radius 3 is 2.14 bits per heavy atom. The molecule has 0 aromatic carbocycles. The number of carbonyl (C=O) groups excluding carboxylic acids is 1. The van der Waals surface area contributed by atoms with E-state index in [9.17, 15) is 4.79 Å². The molecule has 0 saturated carbocycles. The second kappa shape index (κ2) is 13.7. The number of likely N-dealkylation sites (tertiary alicyclic amines) is 1. The summed E-state index contributed by atoms with van der Waals surface area (Å²) < 4.78 is 0. The van der Waals surface area contributed by atoms with Crippen molar-refractivity contribution in [3.63, 3.8) is 0 Å². The van der Waals surface area contributed by atoms with Crippen LogP contribution >= 0.6 is 0 Å². The number of unbranched alkanes of at least 4 members (excludes halogenated alkanes) is 4. The molecule has 2 saturated heterocycles. The predicted molar refractivity (Wildman–Crippen MR) is 125 cm³/mol. The molecular formula is C26H50N2O. The Bertz CT molecular complexity index is 438. The molecule has 29 heavy (non-hydrogen) atoms. The SMILES string of the molecule is CCCCCCC(CCCC)CN1[C@@H]2CC[C@H]1CN(C(=O)CCCC(C)CC)C2. The van der Waals surface area contributed by atoms with Crippen LogP contribution in [0.5, 0.6) is 0 Å². The summed E-state index contributed by atoms with van der Waals surface area (Å²) >= 11 is 0. The van der Waals surface area contributed by atoms with Gasteiger partial charge in [0.15, 0.2) is 0 Å². The molecule has 0 aliphatic carbocycles. The van der Waals surface area contributed by atoms with Crippen molar-refractivity contribution in [1.82, 2.24) is 9.80 Å². The van der Waals surface area contributed by atoms with Crippen LogP contribution in [0.3, 0.4) is 0 Å². The molecule has 2 unspecified atom stereocenters. The largest absolute Gasteiger partial charge is 0.340 e. The van der Waals surface area contributed by atoms with Crippen molar-refractivity contribution < 1.29 is 4.79 Å². The van der Waals surface area contributed by atoms with Gasteiger partial charge in [-0.05, 0) is 43.9 Å². The zero-order valence-corrected chi connectivity index (χ0v) is 20.1. The van der Waals surface area contributed by atoms with Gasteiger partial charge in [0.2, 0.25) is 5.91 Å². The van der Waals surface area contributed by atoms with E-state index in [1.807, 2.05) is 0 Å². The minimum Gasteiger partial charge on any atom is -0.340 e. The van der Waals surface area contributed by atoms with Crippen molar-refractivity contribution in [3.8, 4) is 0 Å². The summed E-state index contributed by atoms with van der Waals surface area (Å²) in [5.41, 5.74) is 0. The second-order valence-electron chi connectivity index (χ2n) is 10.1. The molecule has 2 heterocycles. The van der Waals surface area contributed by atoms with E-state index in [1.165, 1.54) is 83.6 Å². The number of nitrogens with zero attached hydrogens (tertiary/aromatic N) is 2. The molecule has 170 valence electrons. The summed E-state index contributed by atoms with van der Waals surface area (Å²) in [4.78, 5) is 17.8. The van der Waals surface area contributed by atoms with E-state index < -0.39 is 0 Å². The first-order valence-corrected chi connectivity index (χ1v) is 13.1. The Hall–Kier alpha value is -0.570. The Morgan fingerprint density at radius 2 is 1.52 bits per heavy atom. The molecule has 0 radical (unpaired) electrons. The van der Waals surface area contributed by atoms with E-state index in [-0.39, 0.29) is 0 Å². The molecule has 4 atom stereocenters. The van der Waals surface area contributed by atoms with Crippen LogP contribution in [-0.4, -0.2) is 47.4 Å². The molecule has 2 aliphatic heterocycles. The number of piperazine rings is 1. The topological polar surface area (TPSA) is 23.6 Å². The first-order valence-electron chi connectivity index (χ1n) is 13.1. The third kappa shape index (κ3) is 8.23. The minimum absolute atomic E-state index is 0.423. The Labute approximate surface area is 182 Å². The highest BCUT2D eigenvalue weighted by molar-refractivity contribution is 5.76. The van der Waals surface area contributed by atoms with Crippen LogP contribution in [0.25, 0.3) is 0 Å². The first kappa shape index (κ1) is 24.7. The fourth-order valence-corrected chi connectivity index (χ4v) is 5.43. The van der Waals surface area contributed by atoms with Crippen molar-refractivity contribution in [1.29, 1.82) is 0 Å². The van der Waals surface area contributed by atoms with Gasteiger partial charge in [0.1, 0.15) is 0 Å². The Morgan fingerprint density at radius 1 is 0.862 bits per heavy atom. The van der Waals surface area contributed by atoms with Crippen molar-refractivity contribution in [2.45, 2.75) is 130 Å². The summed E-state index contributed by atoms with van der Waals surface area (Å²) in [6.07, 6.45) is 17.9. The smallest absolute Gasteiger partial charge is 0.222 e. The average Bonchev–Trinajstić information content (AvgIpc) is 2.95. The molecule has 2 rings (SSSR count). The lowest BCUT2D eigenvalue weighted by atomic mass is 9.93. The van der Waals surface area contributed by atoms with Gasteiger partial charge >= 0.3 is 0 Å². The highest BCUT2D eigenvalue weighted by Gasteiger charge is 2.41. The van der Waals surface area contributed by atoms with E-state index in [1.54, 1.807) is 0 Å². The molecular weight excluding hydrogens is 356 g/mol. The second-order valence-corrected chi connectivity index (χ2v) is 10.1. The normalized spacial score (nSPS) is 24.1. The number of hydrogen-bond acceptors (Lipinski definition) is 2. The molecule has 2 aliphatic rings. The van der Waals surface area contributed by atoms with Crippen LogP contribution in [0.15, 0.2) is 0 Å². The summed E-state index contributed by atoms with van der Waals surface area (Å²) in [5, 5.41) is 0. The quantitative estimate of drug-likeness (QED) is 0.284. The molecule has 2 bridgehead atoms. The number of amides is 1. The third-order valence-electron chi connectivity index (χ3n) is 7.67. The van der Waals surface area contributed by atoms with Crippen LogP contribution in [0.2, 0.25) is 0 Å². The number of fused-ring (bicyclic) bond motifs is 2. The highest BCUT2D eigenvalue weighted by atomic mass is 16.2. The molecule has 0 N–H and O–H groups in total. The number of rotatable bonds is 15. The van der Waals surface area contributed by atoms with Gasteiger partial charge in [-0.1, -0.05) is 79.1 Å². The van der Waals surface area contributed by atoms with Crippen LogP contribution in [-0.2, 0) is 4.79 Å². The van der Waals surface area contributed by atoms with Crippen molar-refractivity contribution in [3.05, 3.63) is 0 Å². The predicted octanol–water partition coefficient (Wildman–Crippen LogP) is 6.65. The zero-order valence-electron chi connectivity index (χ0n) is 20.1. The summed E-state index contributed by atoms with van der Waals surface area (Å²) in [6, 6.07) is 1.26. The first-order chi connectivity index (χ1) is 14.1. The Balaban J connectivity index is 1.80. The van der Waals surface area contributed by atoms with Crippen LogP contribution in [0.4, 0.5) is 0 Å². The molecule has 0 spiro atoms. The molecule has 0 aromatic rings. The van der Waals surface area contributed by atoms with E-state index in [4.69, 9.17) is 0 Å². The van der Waals surface area contributed by atoms with Gasteiger partial charge in [-0.25, -0.2) is 0 Å². The van der Waals surface area contributed by atoms with E-state index >= 15 is 0 Å². The minimum atomic E-state index is 0.423. The van der Waals surface area contributed by atoms with Gasteiger partial charge in [-0.2, -0.15) is 0 Å². The van der Waals surface area contributed by atoms with Gasteiger partial charge in [-0.15, -0.1) is 0 Å². The maximum absolute atomic E-state index is 12.8. The Kier molecular flexibility index (Phi) is 11.6. The lowest BCUT2D eigenvalue weighted by molar-refractivity contribution is -0.135. The summed E-state index contributed by atoms with van der Waals surface area (Å²) in [6.45, 7) is 12.5. The summed E-state index contributed by atoms with van der Waals surface area (Å²) in [5.74, 6) is 2.05. The fraction of sp³-hybridized carbons (Fsp3) is 0.962. The van der Waals surface area contributed by atoms with E-state index in [2.05, 4.69) is 37.5 Å². The fourth-order valence-electron chi connectivity index (χ4n) is 5.43. The van der Waals surface area contributed by atoms with Gasteiger partial charge < -0.3 is 4.90 Å². The number of carbonyl (C=O) groups is 1. The standard InChI is InChI=1S/C26H50N2O/c1-5-8-10-11-15-23(14-9-6-2)19-28-24-17-18-25(28)21-27(20-24)26(29)16-12-13-22(4)7-3/h22-25H,5-21H2,1-4H3/t22?,23?,24-,25+. The lowest BCUT2D eigenvalue weighted by Crippen LogP contribution is -2.56. The monoisotopic (exact) mass is 406 g/mol. The third-order valence-corrected chi connectivity index (χ3v) is 7.67. The maximum atomic E-state index is 12.8.